The molecule has 0 saturated carbocycles. The molecule has 7 nitrogen and oxygen atoms in total. The van der Waals surface area contributed by atoms with E-state index < -0.39 is 10.0 Å². The number of hydrogen-bond donors (Lipinski definition) is 0. The Bertz CT molecular complexity index is 930. The minimum Gasteiger partial charge on any atom is -0.484 e. The minimum atomic E-state index is -3.58. The van der Waals surface area contributed by atoms with Gasteiger partial charge in [0.15, 0.2) is 6.61 Å². The van der Waals surface area contributed by atoms with Crippen molar-refractivity contribution in [3.63, 3.8) is 0 Å². The van der Waals surface area contributed by atoms with Crippen molar-refractivity contribution >= 4 is 15.9 Å². The average molecular weight is 418 g/mol. The molecule has 1 amide bonds. The molecule has 1 aromatic heterocycles. The molecule has 0 unspecified atom stereocenters. The Morgan fingerprint density at radius 2 is 1.72 bits per heavy atom. The van der Waals surface area contributed by atoms with E-state index in [0.29, 0.717) is 18.8 Å². The van der Waals surface area contributed by atoms with Crippen molar-refractivity contribution in [3.8, 4) is 5.75 Å². The average Bonchev–Trinajstić information content (AvgIpc) is 2.72. The van der Waals surface area contributed by atoms with Gasteiger partial charge in [0.05, 0.1) is 0 Å². The van der Waals surface area contributed by atoms with Gasteiger partial charge in [-0.1, -0.05) is 32.9 Å². The zero-order valence-electron chi connectivity index (χ0n) is 17.0. The van der Waals surface area contributed by atoms with E-state index in [2.05, 4.69) is 25.8 Å². The lowest BCUT2D eigenvalue weighted by Crippen LogP contribution is -2.51. The van der Waals surface area contributed by atoms with Crippen molar-refractivity contribution in [2.24, 2.45) is 0 Å². The first-order chi connectivity index (χ1) is 13.7. The third-order valence-electron chi connectivity index (χ3n) is 4.95. The first-order valence-corrected chi connectivity index (χ1v) is 11.0. The molecule has 156 valence electrons. The van der Waals surface area contributed by atoms with Gasteiger partial charge in [0.2, 0.25) is 10.0 Å². The molecule has 1 aromatic carbocycles. The van der Waals surface area contributed by atoms with Gasteiger partial charge < -0.3 is 9.64 Å². The topological polar surface area (TPSA) is 79.8 Å². The zero-order chi connectivity index (χ0) is 21.1. The number of ether oxygens (including phenoxy) is 1. The molecule has 1 aliphatic rings. The molecule has 1 fully saturated rings. The highest BCUT2D eigenvalue weighted by Gasteiger charge is 2.30. The van der Waals surface area contributed by atoms with Crippen molar-refractivity contribution in [3.05, 3.63) is 54.4 Å². The fraction of sp³-hybridized carbons (Fsp3) is 0.429. The maximum absolute atomic E-state index is 12.6. The number of piperazine rings is 1. The summed E-state index contributed by atoms with van der Waals surface area (Å²) in [7, 11) is -3.58. The Morgan fingerprint density at radius 1 is 1.07 bits per heavy atom. The van der Waals surface area contributed by atoms with E-state index in [1.54, 1.807) is 11.0 Å². The van der Waals surface area contributed by atoms with Gasteiger partial charge in [-0.2, -0.15) is 4.31 Å². The highest BCUT2D eigenvalue weighted by Crippen LogP contribution is 2.24. The lowest BCUT2D eigenvalue weighted by molar-refractivity contribution is -0.134. The SMILES string of the molecule is CC(C)(C)c1ccc(OCC(=O)N2CCN(S(=O)(=O)c3cccnc3)CC2)cc1. The summed E-state index contributed by atoms with van der Waals surface area (Å²) < 4.78 is 32.3. The number of amides is 1. The van der Waals surface area contributed by atoms with Gasteiger partial charge in [0, 0.05) is 38.6 Å². The molecule has 3 rings (SSSR count). The monoisotopic (exact) mass is 417 g/mol. The lowest BCUT2D eigenvalue weighted by Gasteiger charge is -2.33. The number of pyridine rings is 1. The van der Waals surface area contributed by atoms with Gasteiger partial charge in [0.25, 0.3) is 5.91 Å². The number of carbonyl (C=O) groups is 1. The zero-order valence-corrected chi connectivity index (χ0v) is 17.9. The Hall–Kier alpha value is -2.45. The maximum Gasteiger partial charge on any atom is 0.260 e. The van der Waals surface area contributed by atoms with Gasteiger partial charge >= 0.3 is 0 Å². The standard InChI is InChI=1S/C21H27N3O4S/c1-21(2,3)17-6-8-18(9-7-17)28-16-20(25)23-11-13-24(14-12-23)29(26,27)19-5-4-10-22-15-19/h4-10,15H,11-14,16H2,1-3H3. The van der Waals surface area contributed by atoms with E-state index in [9.17, 15) is 13.2 Å². The van der Waals surface area contributed by atoms with E-state index in [4.69, 9.17) is 4.74 Å². The Labute approximate surface area is 172 Å². The molecule has 2 aromatic rings. The third kappa shape index (κ3) is 5.13. The predicted octanol–water partition coefficient (Wildman–Crippen LogP) is 2.29. The number of nitrogens with zero attached hydrogens (tertiary/aromatic N) is 3. The Balaban J connectivity index is 1.51. The van der Waals surface area contributed by atoms with Crippen LogP contribution in [-0.2, 0) is 20.2 Å². The molecule has 1 saturated heterocycles. The highest BCUT2D eigenvalue weighted by atomic mass is 32.2. The summed E-state index contributed by atoms with van der Waals surface area (Å²) >= 11 is 0. The summed E-state index contributed by atoms with van der Waals surface area (Å²) in [6, 6.07) is 10.9. The summed E-state index contributed by atoms with van der Waals surface area (Å²) in [5.41, 5.74) is 1.26. The molecule has 29 heavy (non-hydrogen) atoms. The largest absolute Gasteiger partial charge is 0.484 e. The fourth-order valence-electron chi connectivity index (χ4n) is 3.11. The van der Waals surface area contributed by atoms with Crippen LogP contribution in [-0.4, -0.2) is 61.3 Å². The van der Waals surface area contributed by atoms with Gasteiger partial charge in [-0.25, -0.2) is 8.42 Å². The molecule has 0 atom stereocenters. The summed E-state index contributed by atoms with van der Waals surface area (Å²) in [6.45, 7) is 7.54. The molecule has 0 aliphatic carbocycles. The summed E-state index contributed by atoms with van der Waals surface area (Å²) in [6.07, 6.45) is 2.87. The molecule has 8 heteroatoms. The van der Waals surface area contributed by atoms with Crippen LogP contribution in [0.5, 0.6) is 5.75 Å². The molecule has 2 heterocycles. The van der Waals surface area contributed by atoms with E-state index >= 15 is 0 Å². The number of aromatic nitrogens is 1. The van der Waals surface area contributed by atoms with Crippen LogP contribution in [0, 0.1) is 0 Å². The van der Waals surface area contributed by atoms with Gasteiger partial charge in [-0.3, -0.25) is 9.78 Å². The van der Waals surface area contributed by atoms with E-state index in [1.807, 2.05) is 24.3 Å². The molecule has 0 bridgehead atoms. The molecule has 0 radical (unpaired) electrons. The first kappa shape index (κ1) is 21.3. The highest BCUT2D eigenvalue weighted by molar-refractivity contribution is 7.89. The van der Waals surface area contributed by atoms with Crippen LogP contribution in [0.25, 0.3) is 0 Å². The van der Waals surface area contributed by atoms with E-state index in [1.165, 1.54) is 28.3 Å². The quantitative estimate of drug-likeness (QED) is 0.746. The van der Waals surface area contributed by atoms with E-state index in [-0.39, 0.29) is 35.9 Å². The number of sulfonamides is 1. The van der Waals surface area contributed by atoms with Crippen LogP contribution in [0.2, 0.25) is 0 Å². The molecular weight excluding hydrogens is 390 g/mol. The number of benzene rings is 1. The number of hydrogen-bond acceptors (Lipinski definition) is 5. The van der Waals surface area contributed by atoms with Crippen LogP contribution < -0.4 is 4.74 Å². The van der Waals surface area contributed by atoms with Crippen LogP contribution in [0.4, 0.5) is 0 Å². The summed E-state index contributed by atoms with van der Waals surface area (Å²) in [5.74, 6) is 0.493. The normalized spacial score (nSPS) is 15.9. The fourth-order valence-corrected chi connectivity index (χ4v) is 4.50. The molecular formula is C21H27N3O4S. The van der Waals surface area contributed by atoms with Crippen molar-refractivity contribution in [1.82, 2.24) is 14.2 Å². The van der Waals surface area contributed by atoms with Crippen LogP contribution >= 0.6 is 0 Å². The van der Waals surface area contributed by atoms with Gasteiger partial charge in [-0.05, 0) is 35.2 Å². The minimum absolute atomic E-state index is 0.0597. The second kappa shape index (κ2) is 8.51. The second-order valence-corrected chi connectivity index (χ2v) is 9.97. The Kier molecular flexibility index (Phi) is 6.24. The summed E-state index contributed by atoms with van der Waals surface area (Å²) in [5, 5.41) is 0. The molecule has 0 N–H and O–H groups in total. The van der Waals surface area contributed by atoms with E-state index in [0.717, 1.165) is 0 Å². The smallest absolute Gasteiger partial charge is 0.260 e. The third-order valence-corrected chi connectivity index (χ3v) is 6.83. The maximum atomic E-state index is 12.6. The van der Waals surface area contributed by atoms with Crippen LogP contribution in [0.15, 0.2) is 53.7 Å². The summed E-state index contributed by atoms with van der Waals surface area (Å²) in [4.78, 5) is 18.1. The van der Waals surface area contributed by atoms with Crippen molar-refractivity contribution in [1.29, 1.82) is 0 Å². The lowest BCUT2D eigenvalue weighted by atomic mass is 9.87. The van der Waals surface area contributed by atoms with Crippen molar-refractivity contribution in [2.45, 2.75) is 31.1 Å². The first-order valence-electron chi connectivity index (χ1n) is 9.59. The predicted molar refractivity (Wildman–Crippen MR) is 110 cm³/mol. The Morgan fingerprint density at radius 3 is 2.28 bits per heavy atom. The van der Waals surface area contributed by atoms with Crippen molar-refractivity contribution in [2.75, 3.05) is 32.8 Å². The van der Waals surface area contributed by atoms with Crippen molar-refractivity contribution < 1.29 is 17.9 Å². The molecule has 0 spiro atoms. The number of rotatable bonds is 5. The van der Waals surface area contributed by atoms with Crippen LogP contribution in [0.3, 0.4) is 0 Å². The number of carbonyl (C=O) groups excluding carboxylic acids is 1. The van der Waals surface area contributed by atoms with Crippen LogP contribution in [0.1, 0.15) is 26.3 Å². The second-order valence-electron chi connectivity index (χ2n) is 8.04. The van der Waals surface area contributed by atoms with Gasteiger partial charge in [0.1, 0.15) is 10.6 Å². The van der Waals surface area contributed by atoms with Gasteiger partial charge in [-0.15, -0.1) is 0 Å². The molecule has 1 aliphatic heterocycles.